The normalized spacial score (nSPS) is 22.1. The van der Waals surface area contributed by atoms with E-state index in [0.717, 1.165) is 13.1 Å². The molecule has 0 spiro atoms. The molecule has 110 valence electrons. The van der Waals surface area contributed by atoms with Gasteiger partial charge in [-0.15, -0.1) is 0 Å². The quantitative estimate of drug-likeness (QED) is 0.718. The molecule has 1 saturated heterocycles. The van der Waals surface area contributed by atoms with E-state index in [-0.39, 0.29) is 0 Å². The van der Waals surface area contributed by atoms with Crippen LogP contribution >= 0.6 is 0 Å². The number of aromatic hydroxyl groups is 1. The van der Waals surface area contributed by atoms with Crippen molar-refractivity contribution in [1.29, 1.82) is 0 Å². The van der Waals surface area contributed by atoms with Gasteiger partial charge >= 0.3 is 0 Å². The van der Waals surface area contributed by atoms with Crippen molar-refractivity contribution in [2.75, 3.05) is 26.2 Å². The Morgan fingerprint density at radius 3 is 1.67 bits per heavy atom. The summed E-state index contributed by atoms with van der Waals surface area (Å²) in [5.74, 6) is 0.353. The zero-order valence-corrected chi connectivity index (χ0v) is 12.4. The van der Waals surface area contributed by atoms with Crippen molar-refractivity contribution < 1.29 is 14.9 Å². The molecule has 0 unspecified atom stereocenters. The Morgan fingerprint density at radius 1 is 0.667 bits per heavy atom. The number of phenolic OH excluding ortho intramolecular Hbond substituents is 1. The van der Waals surface area contributed by atoms with Gasteiger partial charge in [0.1, 0.15) is 45.0 Å². The maximum Gasteiger partial charge on any atom is 0.127 e. The summed E-state index contributed by atoms with van der Waals surface area (Å²) in [5, 5.41) is 9.33. The standard InChI is InChI=1S/C18H22N2O/c21-18-8-6-17(7-9-18)15-20-12-10-19(11-13-20)14-16-4-2-1-3-5-16/h1-9,21H,10-15H2/p+2. The van der Waals surface area contributed by atoms with Gasteiger partial charge in [-0.25, -0.2) is 0 Å². The Morgan fingerprint density at radius 2 is 1.14 bits per heavy atom. The number of phenols is 1. The number of piperazine rings is 1. The largest absolute Gasteiger partial charge is 0.508 e. The average molecular weight is 284 g/mol. The molecule has 0 aliphatic carbocycles. The number of hydrogen-bond donors (Lipinski definition) is 3. The molecule has 0 saturated carbocycles. The number of hydrogen-bond acceptors (Lipinski definition) is 1. The van der Waals surface area contributed by atoms with Gasteiger partial charge in [0.25, 0.3) is 0 Å². The molecule has 1 aliphatic rings. The molecular weight excluding hydrogens is 260 g/mol. The van der Waals surface area contributed by atoms with Gasteiger partial charge in [-0.1, -0.05) is 30.3 Å². The Labute approximate surface area is 126 Å². The summed E-state index contributed by atoms with van der Waals surface area (Å²) in [5.41, 5.74) is 2.75. The number of rotatable bonds is 4. The van der Waals surface area contributed by atoms with Crippen LogP contribution in [0.3, 0.4) is 0 Å². The predicted octanol–water partition coefficient (Wildman–Crippen LogP) is -0.124. The Kier molecular flexibility index (Phi) is 4.53. The van der Waals surface area contributed by atoms with E-state index in [0.29, 0.717) is 5.75 Å². The van der Waals surface area contributed by atoms with Crippen LogP contribution < -0.4 is 9.80 Å². The van der Waals surface area contributed by atoms with Crippen LogP contribution in [-0.2, 0) is 13.1 Å². The van der Waals surface area contributed by atoms with Crippen LogP contribution in [-0.4, -0.2) is 31.3 Å². The maximum atomic E-state index is 9.33. The van der Waals surface area contributed by atoms with Crippen LogP contribution in [0.4, 0.5) is 0 Å². The van der Waals surface area contributed by atoms with E-state index >= 15 is 0 Å². The molecule has 0 amide bonds. The van der Waals surface area contributed by atoms with E-state index < -0.39 is 0 Å². The Balaban J connectivity index is 1.47. The van der Waals surface area contributed by atoms with Crippen LogP contribution in [0.15, 0.2) is 54.6 Å². The first-order valence-corrected chi connectivity index (χ1v) is 7.78. The third-order valence-corrected chi connectivity index (χ3v) is 4.35. The van der Waals surface area contributed by atoms with Crippen LogP contribution in [0, 0.1) is 0 Å². The smallest absolute Gasteiger partial charge is 0.127 e. The molecule has 3 nitrogen and oxygen atoms in total. The number of quaternary nitrogens is 2. The van der Waals surface area contributed by atoms with Crippen LogP contribution in [0.5, 0.6) is 5.75 Å². The van der Waals surface area contributed by atoms with Gasteiger partial charge in [-0.05, 0) is 24.3 Å². The third kappa shape index (κ3) is 4.06. The first kappa shape index (κ1) is 14.1. The molecule has 1 heterocycles. The van der Waals surface area contributed by atoms with E-state index in [9.17, 15) is 5.11 Å². The monoisotopic (exact) mass is 284 g/mol. The fourth-order valence-electron chi connectivity index (χ4n) is 3.10. The van der Waals surface area contributed by atoms with Crippen molar-refractivity contribution in [3.05, 3.63) is 65.7 Å². The second kappa shape index (κ2) is 6.74. The van der Waals surface area contributed by atoms with Crippen LogP contribution in [0.1, 0.15) is 11.1 Å². The Hall–Kier alpha value is -1.84. The van der Waals surface area contributed by atoms with Crippen molar-refractivity contribution in [2.24, 2.45) is 0 Å². The molecule has 2 aromatic carbocycles. The highest BCUT2D eigenvalue weighted by Crippen LogP contribution is 2.08. The fourth-order valence-corrected chi connectivity index (χ4v) is 3.10. The van der Waals surface area contributed by atoms with E-state index in [4.69, 9.17) is 0 Å². The first-order valence-electron chi connectivity index (χ1n) is 7.78. The summed E-state index contributed by atoms with van der Waals surface area (Å²) in [6, 6.07) is 18.4. The average Bonchev–Trinajstić information content (AvgIpc) is 2.53. The highest BCUT2D eigenvalue weighted by Gasteiger charge is 2.22. The maximum absolute atomic E-state index is 9.33. The molecule has 21 heavy (non-hydrogen) atoms. The molecule has 3 N–H and O–H groups in total. The van der Waals surface area contributed by atoms with E-state index in [1.165, 1.54) is 37.3 Å². The number of benzene rings is 2. The second-order valence-corrected chi connectivity index (χ2v) is 6.01. The lowest BCUT2D eigenvalue weighted by atomic mass is 10.1. The third-order valence-electron chi connectivity index (χ3n) is 4.35. The summed E-state index contributed by atoms with van der Waals surface area (Å²) in [6.07, 6.45) is 0. The molecule has 0 radical (unpaired) electrons. The SMILES string of the molecule is Oc1ccc(C[NH+]2CC[NH+](Cc3ccccc3)CC2)cc1. The number of nitrogens with one attached hydrogen (secondary N) is 2. The molecule has 3 heteroatoms. The molecule has 2 aromatic rings. The molecule has 1 fully saturated rings. The second-order valence-electron chi connectivity index (χ2n) is 6.01. The molecule has 0 bridgehead atoms. The van der Waals surface area contributed by atoms with Gasteiger partial charge in [0.15, 0.2) is 0 Å². The van der Waals surface area contributed by atoms with E-state index in [1.54, 1.807) is 21.9 Å². The minimum atomic E-state index is 0.353. The van der Waals surface area contributed by atoms with Gasteiger partial charge in [0, 0.05) is 11.1 Å². The lowest BCUT2D eigenvalue weighted by molar-refractivity contribution is -1.02. The van der Waals surface area contributed by atoms with Crippen molar-refractivity contribution in [1.82, 2.24) is 0 Å². The fraction of sp³-hybridized carbons (Fsp3) is 0.333. The van der Waals surface area contributed by atoms with Gasteiger partial charge in [0.05, 0.1) is 0 Å². The first-order chi connectivity index (χ1) is 10.3. The summed E-state index contributed by atoms with van der Waals surface area (Å²) < 4.78 is 0. The zero-order chi connectivity index (χ0) is 14.5. The van der Waals surface area contributed by atoms with Crippen molar-refractivity contribution in [2.45, 2.75) is 13.1 Å². The van der Waals surface area contributed by atoms with Crippen molar-refractivity contribution in [3.63, 3.8) is 0 Å². The van der Waals surface area contributed by atoms with E-state index in [1.807, 2.05) is 12.1 Å². The van der Waals surface area contributed by atoms with Crippen LogP contribution in [0.25, 0.3) is 0 Å². The lowest BCUT2D eigenvalue weighted by Crippen LogP contribution is -3.27. The highest BCUT2D eigenvalue weighted by molar-refractivity contribution is 5.25. The lowest BCUT2D eigenvalue weighted by Gasteiger charge is -2.29. The molecular formula is C18H24N2O+2. The topological polar surface area (TPSA) is 29.1 Å². The predicted molar refractivity (Wildman–Crippen MR) is 83.4 cm³/mol. The van der Waals surface area contributed by atoms with Crippen molar-refractivity contribution >= 4 is 0 Å². The molecule has 0 aromatic heterocycles. The summed E-state index contributed by atoms with van der Waals surface area (Å²) >= 11 is 0. The van der Waals surface area contributed by atoms with Gasteiger partial charge < -0.3 is 14.9 Å². The summed E-state index contributed by atoms with van der Waals surface area (Å²) in [7, 11) is 0. The van der Waals surface area contributed by atoms with E-state index in [2.05, 4.69) is 30.3 Å². The molecule has 1 aliphatic heterocycles. The van der Waals surface area contributed by atoms with Gasteiger partial charge in [-0.2, -0.15) is 0 Å². The minimum absolute atomic E-state index is 0.353. The Bertz CT molecular complexity index is 545. The minimum Gasteiger partial charge on any atom is -0.508 e. The van der Waals surface area contributed by atoms with Crippen LogP contribution in [0.2, 0.25) is 0 Å². The van der Waals surface area contributed by atoms with Gasteiger partial charge in [-0.3, -0.25) is 0 Å². The summed E-state index contributed by atoms with van der Waals surface area (Å²) in [6.45, 7) is 7.14. The van der Waals surface area contributed by atoms with Gasteiger partial charge in [0.2, 0.25) is 0 Å². The zero-order valence-electron chi connectivity index (χ0n) is 12.4. The van der Waals surface area contributed by atoms with Crippen molar-refractivity contribution in [3.8, 4) is 5.75 Å². The molecule has 3 rings (SSSR count). The highest BCUT2D eigenvalue weighted by atomic mass is 16.3. The summed E-state index contributed by atoms with van der Waals surface area (Å²) in [4.78, 5) is 3.34. The molecule has 0 atom stereocenters.